The smallest absolute Gasteiger partial charge is 0.296 e. The van der Waals surface area contributed by atoms with Crippen molar-refractivity contribution in [3.8, 4) is 0 Å². The van der Waals surface area contributed by atoms with E-state index in [-0.39, 0.29) is 11.5 Å². The van der Waals surface area contributed by atoms with Gasteiger partial charge in [0.15, 0.2) is 0 Å². The van der Waals surface area contributed by atoms with Gasteiger partial charge in [-0.1, -0.05) is 31.5 Å². The van der Waals surface area contributed by atoms with E-state index < -0.39 is 10.1 Å². The standard InChI is InChI=1S/C14H22O4S/c1-12(2)11-17-9-4-10-18-19(15,16)14-7-5-13(3)6-8-14/h5-8,12H,4,9-11H2,1-3H3. The van der Waals surface area contributed by atoms with Crippen LogP contribution in [0, 0.1) is 12.8 Å². The third-order valence-electron chi connectivity index (χ3n) is 2.43. The fraction of sp³-hybridized carbons (Fsp3) is 0.571. The lowest BCUT2D eigenvalue weighted by molar-refractivity contribution is 0.0988. The van der Waals surface area contributed by atoms with Gasteiger partial charge in [0.1, 0.15) is 0 Å². The monoisotopic (exact) mass is 286 g/mol. The van der Waals surface area contributed by atoms with Crippen molar-refractivity contribution in [2.45, 2.75) is 32.1 Å². The highest BCUT2D eigenvalue weighted by molar-refractivity contribution is 7.86. The maximum absolute atomic E-state index is 11.8. The molecule has 1 aromatic carbocycles. The van der Waals surface area contributed by atoms with Crippen molar-refractivity contribution < 1.29 is 17.3 Å². The zero-order chi connectivity index (χ0) is 14.3. The van der Waals surface area contributed by atoms with Gasteiger partial charge < -0.3 is 4.74 Å². The maximum atomic E-state index is 11.8. The van der Waals surface area contributed by atoms with Crippen LogP contribution in [0.1, 0.15) is 25.8 Å². The van der Waals surface area contributed by atoms with E-state index in [0.717, 1.165) is 5.56 Å². The minimum atomic E-state index is -3.64. The van der Waals surface area contributed by atoms with Crippen LogP contribution in [-0.2, 0) is 19.0 Å². The van der Waals surface area contributed by atoms with Crippen LogP contribution >= 0.6 is 0 Å². The molecule has 0 aromatic heterocycles. The molecule has 0 heterocycles. The summed E-state index contributed by atoms with van der Waals surface area (Å²) in [5.74, 6) is 0.484. The van der Waals surface area contributed by atoms with Crippen molar-refractivity contribution in [1.82, 2.24) is 0 Å². The molecule has 0 aliphatic carbocycles. The van der Waals surface area contributed by atoms with E-state index in [9.17, 15) is 8.42 Å². The summed E-state index contributed by atoms with van der Waals surface area (Å²) in [7, 11) is -3.64. The van der Waals surface area contributed by atoms with Crippen molar-refractivity contribution >= 4 is 10.1 Å². The molecule has 0 amide bonds. The Balaban J connectivity index is 2.33. The van der Waals surface area contributed by atoms with Crippen molar-refractivity contribution in [2.75, 3.05) is 19.8 Å². The molecule has 0 aliphatic rings. The highest BCUT2D eigenvalue weighted by Gasteiger charge is 2.14. The van der Waals surface area contributed by atoms with Gasteiger partial charge in [-0.2, -0.15) is 8.42 Å². The third-order valence-corrected chi connectivity index (χ3v) is 3.76. The summed E-state index contributed by atoms with van der Waals surface area (Å²) in [6.45, 7) is 7.39. The zero-order valence-corrected chi connectivity index (χ0v) is 12.6. The number of rotatable bonds is 8. The second kappa shape index (κ2) is 7.62. The molecular formula is C14H22O4S. The molecule has 0 saturated heterocycles. The average molecular weight is 286 g/mol. The van der Waals surface area contributed by atoms with Crippen LogP contribution in [0.25, 0.3) is 0 Å². The van der Waals surface area contributed by atoms with Gasteiger partial charge in [-0.3, -0.25) is 4.18 Å². The van der Waals surface area contributed by atoms with Crippen LogP contribution in [0.2, 0.25) is 0 Å². The molecule has 0 bridgehead atoms. The number of benzene rings is 1. The number of aryl methyl sites for hydroxylation is 1. The van der Waals surface area contributed by atoms with Crippen LogP contribution in [0.5, 0.6) is 0 Å². The van der Waals surface area contributed by atoms with E-state index >= 15 is 0 Å². The topological polar surface area (TPSA) is 52.6 Å². The fourth-order valence-electron chi connectivity index (χ4n) is 1.42. The van der Waals surface area contributed by atoms with Gasteiger partial charge >= 0.3 is 0 Å². The largest absolute Gasteiger partial charge is 0.381 e. The molecule has 0 radical (unpaired) electrons. The predicted molar refractivity (Wildman–Crippen MR) is 74.6 cm³/mol. The first-order chi connectivity index (χ1) is 8.92. The summed E-state index contributed by atoms with van der Waals surface area (Å²) >= 11 is 0. The summed E-state index contributed by atoms with van der Waals surface area (Å²) < 4.78 is 34.0. The lowest BCUT2D eigenvalue weighted by Gasteiger charge is -2.08. The van der Waals surface area contributed by atoms with Crippen LogP contribution in [-0.4, -0.2) is 28.2 Å². The Kier molecular flexibility index (Phi) is 6.48. The van der Waals surface area contributed by atoms with Crippen molar-refractivity contribution in [3.63, 3.8) is 0 Å². The highest BCUT2D eigenvalue weighted by Crippen LogP contribution is 2.13. The summed E-state index contributed by atoms with van der Waals surface area (Å²) in [4.78, 5) is 0.196. The normalized spacial score (nSPS) is 12.0. The van der Waals surface area contributed by atoms with E-state index in [0.29, 0.717) is 25.6 Å². The number of hydrogen-bond donors (Lipinski definition) is 0. The average Bonchev–Trinajstić information content (AvgIpc) is 2.34. The van der Waals surface area contributed by atoms with Crippen LogP contribution in [0.4, 0.5) is 0 Å². The van der Waals surface area contributed by atoms with E-state index in [1.54, 1.807) is 24.3 Å². The van der Waals surface area contributed by atoms with Crippen molar-refractivity contribution in [2.24, 2.45) is 5.92 Å². The molecule has 0 saturated carbocycles. The second-order valence-corrected chi connectivity index (χ2v) is 6.53. The molecule has 0 aliphatic heterocycles. The highest BCUT2D eigenvalue weighted by atomic mass is 32.2. The summed E-state index contributed by atoms with van der Waals surface area (Å²) in [5.41, 5.74) is 1.01. The molecule has 0 atom stereocenters. The van der Waals surface area contributed by atoms with E-state index in [2.05, 4.69) is 13.8 Å². The van der Waals surface area contributed by atoms with Crippen LogP contribution in [0.3, 0.4) is 0 Å². The Morgan fingerprint density at radius 2 is 1.74 bits per heavy atom. The fourth-order valence-corrected chi connectivity index (χ4v) is 2.36. The third kappa shape index (κ3) is 6.18. The second-order valence-electron chi connectivity index (χ2n) is 4.91. The zero-order valence-electron chi connectivity index (χ0n) is 11.8. The molecule has 0 fully saturated rings. The molecule has 1 rings (SSSR count). The van der Waals surface area contributed by atoms with Gasteiger partial charge in [-0.25, -0.2) is 0 Å². The molecule has 108 valence electrons. The minimum absolute atomic E-state index is 0.147. The SMILES string of the molecule is Cc1ccc(S(=O)(=O)OCCCOCC(C)C)cc1. The van der Waals surface area contributed by atoms with E-state index in [4.69, 9.17) is 8.92 Å². The van der Waals surface area contributed by atoms with Gasteiger partial charge in [0, 0.05) is 13.2 Å². The van der Waals surface area contributed by atoms with E-state index in [1.165, 1.54) is 0 Å². The lowest BCUT2D eigenvalue weighted by atomic mass is 10.2. The quantitative estimate of drug-likeness (QED) is 0.544. The van der Waals surface area contributed by atoms with Gasteiger partial charge in [0.25, 0.3) is 10.1 Å². The van der Waals surface area contributed by atoms with Crippen LogP contribution < -0.4 is 0 Å². The Morgan fingerprint density at radius 3 is 2.32 bits per heavy atom. The van der Waals surface area contributed by atoms with Gasteiger partial charge in [0.05, 0.1) is 11.5 Å². The number of hydrogen-bond acceptors (Lipinski definition) is 4. The predicted octanol–water partition coefficient (Wildman–Crippen LogP) is 2.76. The summed E-state index contributed by atoms with van der Waals surface area (Å²) in [6, 6.07) is 6.61. The molecule has 0 unspecified atom stereocenters. The lowest BCUT2D eigenvalue weighted by Crippen LogP contribution is -2.10. The Morgan fingerprint density at radius 1 is 1.11 bits per heavy atom. The molecular weight excluding hydrogens is 264 g/mol. The van der Waals surface area contributed by atoms with Gasteiger partial charge in [0.2, 0.25) is 0 Å². The molecule has 0 N–H and O–H groups in total. The molecule has 1 aromatic rings. The minimum Gasteiger partial charge on any atom is -0.381 e. The van der Waals surface area contributed by atoms with E-state index in [1.807, 2.05) is 6.92 Å². The Hall–Kier alpha value is -0.910. The van der Waals surface area contributed by atoms with Crippen molar-refractivity contribution in [1.29, 1.82) is 0 Å². The van der Waals surface area contributed by atoms with Crippen molar-refractivity contribution in [3.05, 3.63) is 29.8 Å². The van der Waals surface area contributed by atoms with Gasteiger partial charge in [-0.05, 0) is 31.4 Å². The molecule has 19 heavy (non-hydrogen) atoms. The first-order valence-electron chi connectivity index (χ1n) is 6.45. The Labute approximate surface area is 115 Å². The number of ether oxygens (including phenoxy) is 1. The maximum Gasteiger partial charge on any atom is 0.296 e. The van der Waals surface area contributed by atoms with Crippen LogP contribution in [0.15, 0.2) is 29.2 Å². The summed E-state index contributed by atoms with van der Waals surface area (Å²) in [5, 5.41) is 0. The molecule has 0 spiro atoms. The first-order valence-corrected chi connectivity index (χ1v) is 7.86. The Bertz CT molecular complexity index is 463. The molecule has 4 nitrogen and oxygen atoms in total. The van der Waals surface area contributed by atoms with Gasteiger partial charge in [-0.15, -0.1) is 0 Å². The molecule has 5 heteroatoms. The first kappa shape index (κ1) is 16.1. The summed E-state index contributed by atoms with van der Waals surface area (Å²) in [6.07, 6.45) is 0.567.